The second-order valence-electron chi connectivity index (χ2n) is 4.24. The van der Waals surface area contributed by atoms with Gasteiger partial charge in [-0.1, -0.05) is 13.8 Å². The van der Waals surface area contributed by atoms with Crippen molar-refractivity contribution in [2.45, 2.75) is 33.1 Å². The fourth-order valence-electron chi connectivity index (χ4n) is 1.85. The minimum Gasteiger partial charge on any atom is -0.357 e. The van der Waals surface area contributed by atoms with Crippen LogP contribution >= 0.6 is 0 Å². The van der Waals surface area contributed by atoms with Gasteiger partial charge >= 0.3 is 0 Å². The molecule has 0 radical (unpaired) electrons. The van der Waals surface area contributed by atoms with E-state index in [9.17, 15) is 4.79 Å². The Morgan fingerprint density at radius 2 is 1.94 bits per heavy atom. The molecule has 0 atom stereocenters. The first-order chi connectivity index (χ1) is 7.67. The van der Waals surface area contributed by atoms with Crippen molar-refractivity contribution in [3.63, 3.8) is 0 Å². The Kier molecular flexibility index (Phi) is 5.09. The summed E-state index contributed by atoms with van der Waals surface area (Å²) in [6, 6.07) is 2.01. The number of aryl methyl sites for hydroxylation is 1. The lowest BCUT2D eigenvalue weighted by atomic mass is 10.2. The number of nitrogens with zero attached hydrogens (tertiary/aromatic N) is 2. The van der Waals surface area contributed by atoms with E-state index in [1.54, 1.807) is 0 Å². The smallest absolute Gasteiger partial charge is 0.227 e. The minimum absolute atomic E-state index is 0.245. The molecular weight excluding hydrogens is 200 g/mol. The summed E-state index contributed by atoms with van der Waals surface area (Å²) in [6.07, 6.45) is 6.57. The summed E-state index contributed by atoms with van der Waals surface area (Å²) in [5, 5.41) is 0. The predicted molar refractivity (Wildman–Crippen MR) is 66.3 cm³/mol. The molecule has 0 aliphatic heterocycles. The van der Waals surface area contributed by atoms with Gasteiger partial charge in [-0.25, -0.2) is 0 Å². The molecular formula is C13H22N2O. The Labute approximate surface area is 98.1 Å². The van der Waals surface area contributed by atoms with Gasteiger partial charge in [0.1, 0.15) is 0 Å². The van der Waals surface area contributed by atoms with Crippen molar-refractivity contribution in [3.05, 3.63) is 24.0 Å². The number of amides is 1. The molecule has 0 aliphatic rings. The van der Waals surface area contributed by atoms with Gasteiger partial charge < -0.3 is 9.47 Å². The lowest BCUT2D eigenvalue weighted by Gasteiger charge is -2.21. The largest absolute Gasteiger partial charge is 0.357 e. The van der Waals surface area contributed by atoms with Gasteiger partial charge in [0.05, 0.1) is 6.42 Å². The van der Waals surface area contributed by atoms with Crippen LogP contribution in [0.4, 0.5) is 0 Å². The van der Waals surface area contributed by atoms with E-state index in [1.165, 1.54) is 0 Å². The fourth-order valence-corrected chi connectivity index (χ4v) is 1.85. The molecule has 0 saturated heterocycles. The summed E-state index contributed by atoms with van der Waals surface area (Å²) in [6.45, 7) is 5.97. The van der Waals surface area contributed by atoms with Crippen LogP contribution in [0.3, 0.4) is 0 Å². The van der Waals surface area contributed by atoms with Crippen molar-refractivity contribution in [2.75, 3.05) is 13.1 Å². The SMILES string of the molecule is CCCN(CCC)C(=O)Cc1ccn(C)c1. The first kappa shape index (κ1) is 12.8. The van der Waals surface area contributed by atoms with Crippen molar-refractivity contribution in [1.29, 1.82) is 0 Å². The Hall–Kier alpha value is -1.25. The highest BCUT2D eigenvalue weighted by Gasteiger charge is 2.12. The molecule has 1 aromatic heterocycles. The van der Waals surface area contributed by atoms with Crippen molar-refractivity contribution < 1.29 is 4.79 Å². The number of carbonyl (C=O) groups excluding carboxylic acids is 1. The second-order valence-corrected chi connectivity index (χ2v) is 4.24. The maximum atomic E-state index is 12.0. The lowest BCUT2D eigenvalue weighted by Crippen LogP contribution is -2.33. The minimum atomic E-state index is 0.245. The molecule has 0 aromatic carbocycles. The van der Waals surface area contributed by atoms with E-state index in [2.05, 4.69) is 13.8 Å². The van der Waals surface area contributed by atoms with Crippen molar-refractivity contribution in [1.82, 2.24) is 9.47 Å². The maximum absolute atomic E-state index is 12.0. The Bertz CT molecular complexity index is 324. The van der Waals surface area contributed by atoms with Gasteiger partial charge in [-0.2, -0.15) is 0 Å². The predicted octanol–water partition coefficient (Wildman–Crippen LogP) is 2.22. The van der Waals surface area contributed by atoms with Crippen LogP contribution in [0.2, 0.25) is 0 Å². The maximum Gasteiger partial charge on any atom is 0.227 e. The van der Waals surface area contributed by atoms with E-state index in [1.807, 2.05) is 35.0 Å². The molecule has 3 nitrogen and oxygen atoms in total. The van der Waals surface area contributed by atoms with Crippen molar-refractivity contribution in [3.8, 4) is 0 Å². The number of hydrogen-bond acceptors (Lipinski definition) is 1. The fraction of sp³-hybridized carbons (Fsp3) is 0.615. The monoisotopic (exact) mass is 222 g/mol. The average molecular weight is 222 g/mol. The Balaban J connectivity index is 2.54. The molecule has 16 heavy (non-hydrogen) atoms. The molecule has 0 spiro atoms. The van der Waals surface area contributed by atoms with E-state index < -0.39 is 0 Å². The molecule has 1 amide bonds. The summed E-state index contributed by atoms with van der Waals surface area (Å²) in [7, 11) is 1.98. The average Bonchev–Trinajstić information content (AvgIpc) is 2.63. The first-order valence-corrected chi connectivity index (χ1v) is 6.06. The van der Waals surface area contributed by atoms with Gasteiger partial charge in [0, 0.05) is 32.5 Å². The number of hydrogen-bond donors (Lipinski definition) is 0. The van der Waals surface area contributed by atoms with Crippen LogP contribution in [0.5, 0.6) is 0 Å². The highest BCUT2D eigenvalue weighted by molar-refractivity contribution is 5.78. The van der Waals surface area contributed by atoms with E-state index in [0.717, 1.165) is 31.5 Å². The molecule has 3 heteroatoms. The molecule has 0 aliphatic carbocycles. The summed E-state index contributed by atoms with van der Waals surface area (Å²) in [4.78, 5) is 14.0. The van der Waals surface area contributed by atoms with Gasteiger partial charge in [-0.15, -0.1) is 0 Å². The van der Waals surface area contributed by atoms with Gasteiger partial charge in [0.2, 0.25) is 5.91 Å². The third kappa shape index (κ3) is 3.72. The molecule has 1 aromatic rings. The normalized spacial score (nSPS) is 10.4. The van der Waals surface area contributed by atoms with Crippen LogP contribution in [0.1, 0.15) is 32.3 Å². The highest BCUT2D eigenvalue weighted by atomic mass is 16.2. The molecule has 1 heterocycles. The molecule has 0 fully saturated rings. The second kappa shape index (κ2) is 6.36. The molecule has 0 bridgehead atoms. The van der Waals surface area contributed by atoms with Crippen LogP contribution < -0.4 is 0 Å². The standard InChI is InChI=1S/C13H22N2O/c1-4-7-15(8-5-2)13(16)10-12-6-9-14(3)11-12/h6,9,11H,4-5,7-8,10H2,1-3H3. The molecule has 90 valence electrons. The van der Waals surface area contributed by atoms with Gasteiger partial charge in [-0.05, 0) is 24.5 Å². The molecule has 0 unspecified atom stereocenters. The lowest BCUT2D eigenvalue weighted by molar-refractivity contribution is -0.130. The summed E-state index contributed by atoms with van der Waals surface area (Å²) in [5.74, 6) is 0.245. The topological polar surface area (TPSA) is 25.2 Å². The summed E-state index contributed by atoms with van der Waals surface area (Å²) in [5.41, 5.74) is 1.10. The quantitative estimate of drug-likeness (QED) is 0.724. The van der Waals surface area contributed by atoms with Crippen molar-refractivity contribution in [2.24, 2.45) is 7.05 Å². The van der Waals surface area contributed by atoms with Crippen LogP contribution in [-0.2, 0) is 18.3 Å². The summed E-state index contributed by atoms with van der Waals surface area (Å²) >= 11 is 0. The number of carbonyl (C=O) groups is 1. The van der Waals surface area contributed by atoms with E-state index >= 15 is 0 Å². The highest BCUT2D eigenvalue weighted by Crippen LogP contribution is 2.05. The van der Waals surface area contributed by atoms with Gasteiger partial charge in [0.25, 0.3) is 0 Å². The summed E-state index contributed by atoms with van der Waals surface area (Å²) < 4.78 is 1.98. The van der Waals surface area contributed by atoms with Gasteiger partial charge in [-0.3, -0.25) is 4.79 Å². The zero-order chi connectivity index (χ0) is 12.0. The van der Waals surface area contributed by atoms with E-state index in [-0.39, 0.29) is 5.91 Å². The third-order valence-corrected chi connectivity index (χ3v) is 2.59. The van der Waals surface area contributed by atoms with E-state index in [0.29, 0.717) is 6.42 Å². The van der Waals surface area contributed by atoms with Crippen LogP contribution in [0, 0.1) is 0 Å². The number of aromatic nitrogens is 1. The molecule has 1 rings (SSSR count). The Morgan fingerprint density at radius 3 is 2.38 bits per heavy atom. The first-order valence-electron chi connectivity index (χ1n) is 6.06. The van der Waals surface area contributed by atoms with Crippen LogP contribution in [0.15, 0.2) is 18.5 Å². The van der Waals surface area contributed by atoms with Crippen molar-refractivity contribution >= 4 is 5.91 Å². The van der Waals surface area contributed by atoms with Crippen LogP contribution in [-0.4, -0.2) is 28.5 Å². The Morgan fingerprint density at radius 1 is 1.31 bits per heavy atom. The third-order valence-electron chi connectivity index (χ3n) is 2.59. The zero-order valence-electron chi connectivity index (χ0n) is 10.6. The van der Waals surface area contributed by atoms with E-state index in [4.69, 9.17) is 0 Å². The molecule has 0 saturated carbocycles. The van der Waals surface area contributed by atoms with Crippen LogP contribution in [0.25, 0.3) is 0 Å². The van der Waals surface area contributed by atoms with Gasteiger partial charge in [0.15, 0.2) is 0 Å². The number of rotatable bonds is 6. The molecule has 0 N–H and O–H groups in total. The zero-order valence-corrected chi connectivity index (χ0v) is 10.6.